The minimum Gasteiger partial charge on any atom is -0.479 e. The van der Waals surface area contributed by atoms with Crippen LogP contribution in [0.1, 0.15) is 31.4 Å². The normalized spacial score (nSPS) is 17.6. The van der Waals surface area contributed by atoms with Crippen LogP contribution in [-0.2, 0) is 4.79 Å². The van der Waals surface area contributed by atoms with Gasteiger partial charge < -0.3 is 14.7 Å². The van der Waals surface area contributed by atoms with E-state index in [0.717, 1.165) is 18.4 Å². The molecule has 1 saturated heterocycles. The fraction of sp³-hybridized carbons (Fsp3) is 0.381. The molecule has 2 aromatic rings. The van der Waals surface area contributed by atoms with E-state index in [1.54, 1.807) is 19.1 Å². The second-order valence-electron chi connectivity index (χ2n) is 6.71. The number of likely N-dealkylation sites (tertiary alicyclic amines) is 1. The van der Waals surface area contributed by atoms with E-state index in [4.69, 9.17) is 16.3 Å². The molecule has 1 heterocycles. The van der Waals surface area contributed by atoms with Crippen molar-refractivity contribution in [1.29, 1.82) is 0 Å². The number of hydrogen-bond acceptors (Lipinski definition) is 3. The Balaban J connectivity index is 1.54. The number of nitrogens with zero attached hydrogens (tertiary/aromatic N) is 1. The number of rotatable bonds is 5. The number of benzene rings is 2. The highest BCUT2D eigenvalue weighted by molar-refractivity contribution is 6.32. The van der Waals surface area contributed by atoms with Crippen LogP contribution in [0.3, 0.4) is 0 Å². The zero-order chi connectivity index (χ0) is 18.5. The Morgan fingerprint density at radius 2 is 1.73 bits per heavy atom. The number of halogens is 1. The lowest BCUT2D eigenvalue weighted by molar-refractivity contribution is -0.140. The summed E-state index contributed by atoms with van der Waals surface area (Å²) in [5.74, 6) is 0.642. The molecule has 2 aromatic carbocycles. The van der Waals surface area contributed by atoms with Crippen molar-refractivity contribution in [3.05, 3.63) is 65.2 Å². The standard InChI is InChI=1S/C21H24ClNO3/c1-15(26-19-10-6-5-9-18(19)22)21(25)23-13-11-17(12-14-23)20(24)16-7-3-2-4-8-16/h2-10,15,17,20,24H,11-14H2,1H3. The van der Waals surface area contributed by atoms with Gasteiger partial charge in [-0.25, -0.2) is 0 Å². The predicted octanol–water partition coefficient (Wildman–Crippen LogP) is 4.08. The molecule has 2 atom stereocenters. The van der Waals surface area contributed by atoms with Crippen LogP contribution in [0.5, 0.6) is 5.75 Å². The van der Waals surface area contributed by atoms with Gasteiger partial charge in [-0.2, -0.15) is 0 Å². The first-order chi connectivity index (χ1) is 12.6. The molecular weight excluding hydrogens is 350 g/mol. The average molecular weight is 374 g/mol. The molecule has 138 valence electrons. The van der Waals surface area contributed by atoms with E-state index in [0.29, 0.717) is 23.9 Å². The van der Waals surface area contributed by atoms with E-state index in [-0.39, 0.29) is 11.8 Å². The van der Waals surface area contributed by atoms with Gasteiger partial charge >= 0.3 is 0 Å². The molecule has 0 spiro atoms. The molecule has 4 nitrogen and oxygen atoms in total. The van der Waals surface area contributed by atoms with Crippen molar-refractivity contribution in [3.8, 4) is 5.75 Å². The van der Waals surface area contributed by atoms with Gasteiger partial charge in [0.15, 0.2) is 6.10 Å². The number of para-hydroxylation sites is 1. The topological polar surface area (TPSA) is 49.8 Å². The molecule has 1 aliphatic heterocycles. The first kappa shape index (κ1) is 18.7. The fourth-order valence-electron chi connectivity index (χ4n) is 3.40. The molecule has 1 fully saturated rings. The van der Waals surface area contributed by atoms with E-state index in [2.05, 4.69) is 0 Å². The highest BCUT2D eigenvalue weighted by Gasteiger charge is 2.30. The van der Waals surface area contributed by atoms with Crippen molar-refractivity contribution >= 4 is 17.5 Å². The third-order valence-electron chi connectivity index (χ3n) is 4.93. The van der Waals surface area contributed by atoms with Crippen LogP contribution in [0, 0.1) is 5.92 Å². The van der Waals surface area contributed by atoms with Crippen molar-refractivity contribution in [2.45, 2.75) is 32.0 Å². The van der Waals surface area contributed by atoms with Crippen LogP contribution in [0.2, 0.25) is 5.02 Å². The van der Waals surface area contributed by atoms with E-state index in [1.807, 2.05) is 47.4 Å². The van der Waals surface area contributed by atoms with Crippen LogP contribution in [0.15, 0.2) is 54.6 Å². The van der Waals surface area contributed by atoms with Gasteiger partial charge in [0, 0.05) is 13.1 Å². The zero-order valence-electron chi connectivity index (χ0n) is 14.8. The summed E-state index contributed by atoms with van der Waals surface area (Å²) in [6, 6.07) is 16.9. The number of aliphatic hydroxyl groups is 1. The van der Waals surface area contributed by atoms with Gasteiger partial charge in [-0.1, -0.05) is 54.1 Å². The number of amides is 1. The van der Waals surface area contributed by atoms with E-state index in [9.17, 15) is 9.90 Å². The molecule has 0 aliphatic carbocycles. The van der Waals surface area contributed by atoms with Crippen LogP contribution >= 0.6 is 11.6 Å². The molecule has 2 unspecified atom stereocenters. The lowest BCUT2D eigenvalue weighted by Crippen LogP contribution is -2.45. The molecule has 1 amide bonds. The van der Waals surface area contributed by atoms with Crippen LogP contribution in [0.25, 0.3) is 0 Å². The first-order valence-corrected chi connectivity index (χ1v) is 9.37. The summed E-state index contributed by atoms with van der Waals surface area (Å²) in [6.07, 6.45) is 0.483. The van der Waals surface area contributed by atoms with Crippen molar-refractivity contribution in [2.24, 2.45) is 5.92 Å². The highest BCUT2D eigenvalue weighted by atomic mass is 35.5. The van der Waals surface area contributed by atoms with Gasteiger partial charge in [0.2, 0.25) is 0 Å². The Kier molecular flexibility index (Phi) is 6.17. The van der Waals surface area contributed by atoms with Crippen molar-refractivity contribution < 1.29 is 14.6 Å². The zero-order valence-corrected chi connectivity index (χ0v) is 15.6. The second kappa shape index (κ2) is 8.56. The van der Waals surface area contributed by atoms with Crippen LogP contribution < -0.4 is 4.74 Å². The molecule has 1 N–H and O–H groups in total. The summed E-state index contributed by atoms with van der Waals surface area (Å²) in [7, 11) is 0. The Morgan fingerprint density at radius 1 is 1.12 bits per heavy atom. The van der Waals surface area contributed by atoms with Crippen molar-refractivity contribution in [3.63, 3.8) is 0 Å². The summed E-state index contributed by atoms with van der Waals surface area (Å²) < 4.78 is 5.73. The van der Waals surface area contributed by atoms with Gasteiger partial charge in [-0.15, -0.1) is 0 Å². The lowest BCUT2D eigenvalue weighted by atomic mass is 9.87. The summed E-state index contributed by atoms with van der Waals surface area (Å²) >= 11 is 6.09. The SMILES string of the molecule is CC(Oc1ccccc1Cl)C(=O)N1CCC(C(O)c2ccccc2)CC1. The Bertz CT molecular complexity index is 729. The summed E-state index contributed by atoms with van der Waals surface area (Å²) in [5, 5.41) is 11.1. The Hall–Kier alpha value is -2.04. The smallest absolute Gasteiger partial charge is 0.263 e. The molecule has 0 aromatic heterocycles. The summed E-state index contributed by atoms with van der Waals surface area (Å²) in [5.41, 5.74) is 0.938. The predicted molar refractivity (Wildman–Crippen MR) is 102 cm³/mol. The monoisotopic (exact) mass is 373 g/mol. The van der Waals surface area contributed by atoms with Gasteiger partial charge in [-0.3, -0.25) is 4.79 Å². The lowest BCUT2D eigenvalue weighted by Gasteiger charge is -2.35. The van der Waals surface area contributed by atoms with E-state index >= 15 is 0 Å². The maximum absolute atomic E-state index is 12.7. The number of piperidine rings is 1. The van der Waals surface area contributed by atoms with Gasteiger partial charge in [0.05, 0.1) is 11.1 Å². The maximum Gasteiger partial charge on any atom is 0.263 e. The van der Waals surface area contributed by atoms with Crippen molar-refractivity contribution in [2.75, 3.05) is 13.1 Å². The largest absolute Gasteiger partial charge is 0.479 e. The Labute approximate surface area is 159 Å². The number of carbonyl (C=O) groups is 1. The molecule has 5 heteroatoms. The molecule has 1 aliphatic rings. The summed E-state index contributed by atoms with van der Waals surface area (Å²) in [6.45, 7) is 3.00. The van der Waals surface area contributed by atoms with Crippen LogP contribution in [-0.4, -0.2) is 35.1 Å². The average Bonchev–Trinajstić information content (AvgIpc) is 2.69. The maximum atomic E-state index is 12.7. The molecule has 0 radical (unpaired) electrons. The van der Waals surface area contributed by atoms with E-state index < -0.39 is 12.2 Å². The van der Waals surface area contributed by atoms with Gasteiger partial charge in [-0.05, 0) is 43.4 Å². The number of carbonyl (C=O) groups excluding carboxylic acids is 1. The number of ether oxygens (including phenoxy) is 1. The van der Waals surface area contributed by atoms with Crippen molar-refractivity contribution in [1.82, 2.24) is 4.90 Å². The number of hydrogen-bond donors (Lipinski definition) is 1. The summed E-state index contributed by atoms with van der Waals surface area (Å²) in [4.78, 5) is 14.5. The molecule has 0 bridgehead atoms. The number of aliphatic hydroxyl groups excluding tert-OH is 1. The third kappa shape index (κ3) is 4.37. The Morgan fingerprint density at radius 3 is 2.38 bits per heavy atom. The molecular formula is C21H24ClNO3. The quantitative estimate of drug-likeness (QED) is 0.859. The minimum atomic E-state index is -0.592. The molecule has 3 rings (SSSR count). The third-order valence-corrected chi connectivity index (χ3v) is 5.24. The minimum absolute atomic E-state index is 0.0439. The molecule has 0 saturated carbocycles. The van der Waals surface area contributed by atoms with Crippen LogP contribution in [0.4, 0.5) is 0 Å². The molecule has 26 heavy (non-hydrogen) atoms. The second-order valence-corrected chi connectivity index (χ2v) is 7.12. The van der Waals surface area contributed by atoms with Gasteiger partial charge in [0.25, 0.3) is 5.91 Å². The van der Waals surface area contributed by atoms with E-state index in [1.165, 1.54) is 0 Å². The fourth-order valence-corrected chi connectivity index (χ4v) is 3.58. The first-order valence-electron chi connectivity index (χ1n) is 8.99. The van der Waals surface area contributed by atoms with Gasteiger partial charge in [0.1, 0.15) is 5.75 Å². The highest BCUT2D eigenvalue weighted by Crippen LogP contribution is 2.31.